The molecule has 1 heterocycles. The fraction of sp³-hybridized carbons (Fsp3) is 0.818. The van der Waals surface area contributed by atoms with Gasteiger partial charge in [0.1, 0.15) is 12.7 Å². The summed E-state index contributed by atoms with van der Waals surface area (Å²) in [7, 11) is 0. The number of carbonyl (C=O) groups excluding carboxylic acids is 2. The molecule has 0 bridgehead atoms. The quantitative estimate of drug-likeness (QED) is 0.698. The van der Waals surface area contributed by atoms with E-state index in [1.165, 1.54) is 26.2 Å². The predicted octanol–water partition coefficient (Wildman–Crippen LogP) is 0.871. The first-order chi connectivity index (χ1) is 7.18. The minimum Gasteiger partial charge on any atom is -0.334 e. The topological polar surface area (TPSA) is 49.4 Å². The summed E-state index contributed by atoms with van der Waals surface area (Å²) in [6.45, 7) is 1.78. The molecular formula is C11H18N2O2. The Morgan fingerprint density at radius 1 is 1.33 bits per heavy atom. The second kappa shape index (κ2) is 4.21. The first kappa shape index (κ1) is 10.5. The summed E-state index contributed by atoms with van der Waals surface area (Å²) in [6.07, 6.45) is 5.97. The molecule has 2 aliphatic rings. The highest BCUT2D eigenvalue weighted by atomic mass is 16.2. The van der Waals surface area contributed by atoms with Gasteiger partial charge in [0.15, 0.2) is 0 Å². The second-order valence-corrected chi connectivity index (χ2v) is 4.56. The smallest absolute Gasteiger partial charge is 0.241 e. The third-order valence-corrected chi connectivity index (χ3v) is 3.46. The first-order valence-corrected chi connectivity index (χ1v) is 5.75. The minimum absolute atomic E-state index is 0.00363. The second-order valence-electron chi connectivity index (χ2n) is 4.56. The molecule has 0 aromatic heterocycles. The van der Waals surface area contributed by atoms with Gasteiger partial charge in [-0.3, -0.25) is 9.59 Å². The lowest BCUT2D eigenvalue weighted by atomic mass is 9.87. The lowest BCUT2D eigenvalue weighted by Crippen LogP contribution is -2.45. The Bertz CT molecular complexity index is 272. The molecule has 2 fully saturated rings. The van der Waals surface area contributed by atoms with Crippen molar-refractivity contribution in [1.29, 1.82) is 0 Å². The van der Waals surface area contributed by atoms with Gasteiger partial charge < -0.3 is 10.2 Å². The molecule has 15 heavy (non-hydrogen) atoms. The molecule has 1 atom stereocenters. The fourth-order valence-corrected chi connectivity index (χ4v) is 2.67. The van der Waals surface area contributed by atoms with Crippen molar-refractivity contribution >= 4 is 11.8 Å². The van der Waals surface area contributed by atoms with Gasteiger partial charge in [0.25, 0.3) is 0 Å². The molecule has 1 aliphatic carbocycles. The molecule has 2 amide bonds. The van der Waals surface area contributed by atoms with E-state index in [9.17, 15) is 9.59 Å². The van der Waals surface area contributed by atoms with Gasteiger partial charge in [0.2, 0.25) is 11.8 Å². The molecule has 4 nitrogen and oxygen atoms in total. The van der Waals surface area contributed by atoms with Crippen LogP contribution in [0.25, 0.3) is 0 Å². The van der Waals surface area contributed by atoms with Gasteiger partial charge >= 0.3 is 0 Å². The van der Waals surface area contributed by atoms with Crippen LogP contribution in [0.4, 0.5) is 0 Å². The average molecular weight is 210 g/mol. The molecule has 84 valence electrons. The van der Waals surface area contributed by atoms with E-state index in [-0.39, 0.29) is 24.5 Å². The van der Waals surface area contributed by atoms with Crippen LogP contribution in [0.5, 0.6) is 0 Å². The summed E-state index contributed by atoms with van der Waals surface area (Å²) in [4.78, 5) is 24.4. The molecule has 1 saturated heterocycles. The lowest BCUT2D eigenvalue weighted by Gasteiger charge is -2.32. The number of rotatable bonds is 1. The van der Waals surface area contributed by atoms with Gasteiger partial charge in [-0.05, 0) is 18.8 Å². The van der Waals surface area contributed by atoms with E-state index < -0.39 is 0 Å². The molecule has 1 N–H and O–H groups in total. The molecule has 2 rings (SSSR count). The van der Waals surface area contributed by atoms with Gasteiger partial charge in [0, 0.05) is 6.92 Å². The number of amides is 2. The monoisotopic (exact) mass is 210 g/mol. The highest BCUT2D eigenvalue weighted by Crippen LogP contribution is 2.29. The zero-order chi connectivity index (χ0) is 10.8. The number of nitrogens with zero attached hydrogens (tertiary/aromatic N) is 1. The minimum atomic E-state index is -0.0321. The maximum atomic E-state index is 11.4. The van der Waals surface area contributed by atoms with Crippen LogP contribution in [0.2, 0.25) is 0 Å². The van der Waals surface area contributed by atoms with E-state index >= 15 is 0 Å². The summed E-state index contributed by atoms with van der Waals surface area (Å²) in [5, 5.41) is 2.92. The molecule has 1 unspecified atom stereocenters. The zero-order valence-electron chi connectivity index (χ0n) is 9.16. The van der Waals surface area contributed by atoms with Crippen molar-refractivity contribution in [3.8, 4) is 0 Å². The van der Waals surface area contributed by atoms with Crippen LogP contribution < -0.4 is 5.32 Å². The summed E-state index contributed by atoms with van der Waals surface area (Å²) in [6, 6.07) is 0. The van der Waals surface area contributed by atoms with Gasteiger partial charge in [-0.25, -0.2) is 0 Å². The molecule has 0 spiro atoms. The third kappa shape index (κ3) is 2.13. The summed E-state index contributed by atoms with van der Waals surface area (Å²) in [5.74, 6) is 0.457. The van der Waals surface area contributed by atoms with E-state index in [0.29, 0.717) is 5.92 Å². The maximum Gasteiger partial charge on any atom is 0.241 e. The first-order valence-electron chi connectivity index (χ1n) is 5.75. The fourth-order valence-electron chi connectivity index (χ4n) is 2.67. The van der Waals surface area contributed by atoms with E-state index in [0.717, 1.165) is 12.8 Å². The number of hydrogen-bond acceptors (Lipinski definition) is 2. The van der Waals surface area contributed by atoms with Gasteiger partial charge in [-0.1, -0.05) is 19.3 Å². The Morgan fingerprint density at radius 3 is 2.60 bits per heavy atom. The van der Waals surface area contributed by atoms with Crippen molar-refractivity contribution in [2.24, 2.45) is 5.92 Å². The molecular weight excluding hydrogens is 192 g/mol. The molecule has 4 heteroatoms. The summed E-state index contributed by atoms with van der Waals surface area (Å²) < 4.78 is 0. The van der Waals surface area contributed by atoms with Crippen molar-refractivity contribution in [3.05, 3.63) is 0 Å². The van der Waals surface area contributed by atoms with E-state index in [1.54, 1.807) is 4.90 Å². The van der Waals surface area contributed by atoms with Crippen molar-refractivity contribution in [2.45, 2.75) is 45.2 Å². The highest BCUT2D eigenvalue weighted by molar-refractivity contribution is 5.87. The Hall–Kier alpha value is -1.06. The van der Waals surface area contributed by atoms with Crippen molar-refractivity contribution in [2.75, 3.05) is 6.54 Å². The van der Waals surface area contributed by atoms with Gasteiger partial charge in [-0.2, -0.15) is 0 Å². The molecule has 1 aliphatic heterocycles. The third-order valence-electron chi connectivity index (χ3n) is 3.46. The van der Waals surface area contributed by atoms with Crippen LogP contribution in [0.15, 0.2) is 0 Å². The standard InChI is InChI=1S/C11H18N2O2/c1-8(14)13-7-10(15)12-11(13)9-5-3-2-4-6-9/h9,11H,2-7H2,1H3,(H,12,15). The lowest BCUT2D eigenvalue weighted by molar-refractivity contribution is -0.132. The van der Waals surface area contributed by atoms with Crippen LogP contribution in [0.1, 0.15) is 39.0 Å². The molecule has 0 aromatic rings. The van der Waals surface area contributed by atoms with E-state index in [2.05, 4.69) is 5.32 Å². The number of carbonyl (C=O) groups is 2. The van der Waals surface area contributed by atoms with Gasteiger partial charge in [-0.15, -0.1) is 0 Å². The zero-order valence-corrected chi connectivity index (χ0v) is 9.16. The van der Waals surface area contributed by atoms with E-state index in [4.69, 9.17) is 0 Å². The van der Waals surface area contributed by atoms with Crippen LogP contribution in [0, 0.1) is 5.92 Å². The summed E-state index contributed by atoms with van der Waals surface area (Å²) >= 11 is 0. The predicted molar refractivity (Wildman–Crippen MR) is 55.9 cm³/mol. The Morgan fingerprint density at radius 2 is 2.00 bits per heavy atom. The number of nitrogens with one attached hydrogen (secondary N) is 1. The normalized spacial score (nSPS) is 27.9. The SMILES string of the molecule is CC(=O)N1CC(=O)NC1C1CCCCC1. The van der Waals surface area contributed by atoms with Crippen molar-refractivity contribution in [3.63, 3.8) is 0 Å². The van der Waals surface area contributed by atoms with Gasteiger partial charge in [0.05, 0.1) is 0 Å². The molecule has 0 aromatic carbocycles. The Balaban J connectivity index is 2.05. The number of hydrogen-bond donors (Lipinski definition) is 1. The largest absolute Gasteiger partial charge is 0.334 e. The summed E-state index contributed by atoms with van der Waals surface area (Å²) in [5.41, 5.74) is 0. The van der Waals surface area contributed by atoms with Crippen molar-refractivity contribution < 1.29 is 9.59 Å². The van der Waals surface area contributed by atoms with Crippen LogP contribution >= 0.6 is 0 Å². The molecule has 1 saturated carbocycles. The van der Waals surface area contributed by atoms with Crippen LogP contribution in [-0.4, -0.2) is 29.4 Å². The van der Waals surface area contributed by atoms with Crippen LogP contribution in [-0.2, 0) is 9.59 Å². The Kier molecular flexibility index (Phi) is 2.93. The molecule has 0 radical (unpaired) electrons. The maximum absolute atomic E-state index is 11.4. The van der Waals surface area contributed by atoms with Crippen molar-refractivity contribution in [1.82, 2.24) is 10.2 Å². The average Bonchev–Trinajstić information content (AvgIpc) is 2.62. The highest BCUT2D eigenvalue weighted by Gasteiger charge is 2.37. The van der Waals surface area contributed by atoms with E-state index in [1.807, 2.05) is 0 Å². The Labute approximate surface area is 90.0 Å². The van der Waals surface area contributed by atoms with Crippen LogP contribution in [0.3, 0.4) is 0 Å².